The Labute approximate surface area is 117 Å². The second-order valence-corrected chi connectivity index (χ2v) is 4.62. The van der Waals surface area contributed by atoms with E-state index in [1.165, 1.54) is 4.68 Å². The molecule has 1 aromatic carbocycles. The van der Waals surface area contributed by atoms with E-state index in [2.05, 4.69) is 5.10 Å². The minimum atomic E-state index is -0.375. The van der Waals surface area contributed by atoms with Crippen LogP contribution in [-0.2, 0) is 0 Å². The molecule has 0 aliphatic carbocycles. The molecule has 2 rings (SSSR count). The summed E-state index contributed by atoms with van der Waals surface area (Å²) in [5.41, 5.74) is 2.82. The standard InChI is InChI=1S/C16H15N3O/c1-11-9-12(2)19(16(20)15(11)10-17)18-13(3)14-7-5-4-6-8-14/h4-9H,1-3H3. The zero-order chi connectivity index (χ0) is 14.7. The smallest absolute Gasteiger partial charge is 0.266 e. The highest BCUT2D eigenvalue weighted by Crippen LogP contribution is 2.07. The summed E-state index contributed by atoms with van der Waals surface area (Å²) < 4.78 is 1.29. The van der Waals surface area contributed by atoms with Crippen molar-refractivity contribution >= 4 is 5.71 Å². The van der Waals surface area contributed by atoms with Gasteiger partial charge < -0.3 is 0 Å². The fourth-order valence-electron chi connectivity index (χ4n) is 2.03. The number of hydrogen-bond donors (Lipinski definition) is 0. The van der Waals surface area contributed by atoms with E-state index in [0.717, 1.165) is 11.3 Å². The summed E-state index contributed by atoms with van der Waals surface area (Å²) in [4.78, 5) is 12.2. The number of nitriles is 1. The zero-order valence-corrected chi connectivity index (χ0v) is 11.7. The topological polar surface area (TPSA) is 58.1 Å². The number of rotatable bonds is 2. The molecule has 0 fully saturated rings. The lowest BCUT2D eigenvalue weighted by Gasteiger charge is -2.08. The number of hydrogen-bond acceptors (Lipinski definition) is 3. The zero-order valence-electron chi connectivity index (χ0n) is 11.7. The first kappa shape index (κ1) is 13.8. The molecule has 2 aromatic rings. The summed E-state index contributed by atoms with van der Waals surface area (Å²) in [7, 11) is 0. The number of benzene rings is 1. The van der Waals surface area contributed by atoms with Crippen molar-refractivity contribution in [2.75, 3.05) is 0 Å². The van der Waals surface area contributed by atoms with E-state index >= 15 is 0 Å². The van der Waals surface area contributed by atoms with Gasteiger partial charge in [0, 0.05) is 5.69 Å². The summed E-state index contributed by atoms with van der Waals surface area (Å²) in [5.74, 6) is 0. The average Bonchev–Trinajstić information content (AvgIpc) is 2.44. The largest absolute Gasteiger partial charge is 0.289 e. The Morgan fingerprint density at radius 2 is 1.90 bits per heavy atom. The summed E-state index contributed by atoms with van der Waals surface area (Å²) in [6.45, 7) is 5.40. The molecule has 1 heterocycles. The molecule has 0 aliphatic rings. The Hall–Kier alpha value is -2.67. The van der Waals surface area contributed by atoms with Gasteiger partial charge >= 0.3 is 0 Å². The van der Waals surface area contributed by atoms with Crippen LogP contribution in [0, 0.1) is 25.2 Å². The van der Waals surface area contributed by atoms with Crippen LogP contribution in [0.4, 0.5) is 0 Å². The van der Waals surface area contributed by atoms with E-state index in [9.17, 15) is 4.79 Å². The van der Waals surface area contributed by atoms with Crippen LogP contribution in [0.15, 0.2) is 46.3 Å². The van der Waals surface area contributed by atoms with E-state index in [1.807, 2.05) is 43.3 Å². The maximum Gasteiger partial charge on any atom is 0.289 e. The Kier molecular flexibility index (Phi) is 3.81. The SMILES string of the molecule is CC(=Nn1c(C)cc(C)c(C#N)c1=O)c1ccccc1. The molecule has 0 bridgehead atoms. The van der Waals surface area contributed by atoms with Crippen LogP contribution in [0.3, 0.4) is 0 Å². The molecule has 0 unspecified atom stereocenters. The Morgan fingerprint density at radius 1 is 1.25 bits per heavy atom. The summed E-state index contributed by atoms with van der Waals surface area (Å²) in [6, 6.07) is 13.4. The van der Waals surface area contributed by atoms with E-state index in [1.54, 1.807) is 19.9 Å². The molecule has 1 aromatic heterocycles. The molecule has 100 valence electrons. The fourth-order valence-corrected chi connectivity index (χ4v) is 2.03. The number of nitrogens with zero attached hydrogens (tertiary/aromatic N) is 3. The van der Waals surface area contributed by atoms with Crippen LogP contribution in [0.25, 0.3) is 0 Å². The van der Waals surface area contributed by atoms with Crippen LogP contribution >= 0.6 is 0 Å². The minimum absolute atomic E-state index is 0.139. The number of pyridine rings is 1. The maximum absolute atomic E-state index is 12.2. The van der Waals surface area contributed by atoms with Gasteiger partial charge in [-0.2, -0.15) is 10.4 Å². The van der Waals surface area contributed by atoms with Gasteiger partial charge in [-0.25, -0.2) is 4.68 Å². The maximum atomic E-state index is 12.2. The third-order valence-electron chi connectivity index (χ3n) is 3.11. The third kappa shape index (κ3) is 2.52. The van der Waals surface area contributed by atoms with Gasteiger partial charge in [0.05, 0.1) is 5.71 Å². The van der Waals surface area contributed by atoms with E-state index in [-0.39, 0.29) is 11.1 Å². The van der Waals surface area contributed by atoms with Gasteiger partial charge in [0.15, 0.2) is 0 Å². The van der Waals surface area contributed by atoms with Crippen molar-refractivity contribution < 1.29 is 0 Å². The van der Waals surface area contributed by atoms with Crippen molar-refractivity contribution in [2.45, 2.75) is 20.8 Å². The van der Waals surface area contributed by atoms with Gasteiger partial charge in [-0.05, 0) is 38.0 Å². The lowest BCUT2D eigenvalue weighted by Crippen LogP contribution is -2.23. The lowest BCUT2D eigenvalue weighted by molar-refractivity contribution is 0.781. The van der Waals surface area contributed by atoms with E-state index in [4.69, 9.17) is 5.26 Å². The fraction of sp³-hybridized carbons (Fsp3) is 0.188. The van der Waals surface area contributed by atoms with E-state index in [0.29, 0.717) is 11.3 Å². The van der Waals surface area contributed by atoms with Crippen molar-refractivity contribution in [3.8, 4) is 6.07 Å². The average molecular weight is 265 g/mol. The normalized spacial score (nSPS) is 11.2. The molecule has 0 N–H and O–H groups in total. The van der Waals surface area contributed by atoms with Crippen molar-refractivity contribution in [2.24, 2.45) is 5.10 Å². The second kappa shape index (κ2) is 5.54. The molecule has 4 heteroatoms. The number of aromatic nitrogens is 1. The first-order chi connectivity index (χ1) is 9.54. The van der Waals surface area contributed by atoms with Gasteiger partial charge in [-0.1, -0.05) is 30.3 Å². The summed E-state index contributed by atoms with van der Waals surface area (Å²) in [5, 5.41) is 13.4. The molecule has 0 radical (unpaired) electrons. The van der Waals surface area contributed by atoms with Crippen molar-refractivity contribution in [1.29, 1.82) is 5.26 Å². The first-order valence-electron chi connectivity index (χ1n) is 6.29. The Morgan fingerprint density at radius 3 is 2.50 bits per heavy atom. The van der Waals surface area contributed by atoms with E-state index < -0.39 is 0 Å². The van der Waals surface area contributed by atoms with Crippen LogP contribution in [0.1, 0.15) is 29.3 Å². The molecule has 0 aliphatic heterocycles. The Bertz CT molecular complexity index is 765. The molecular formula is C16H15N3O. The Balaban J connectivity index is 2.61. The molecule has 0 amide bonds. The van der Waals surface area contributed by atoms with Crippen molar-refractivity contribution in [3.63, 3.8) is 0 Å². The van der Waals surface area contributed by atoms with Gasteiger partial charge in [-0.15, -0.1) is 0 Å². The van der Waals surface area contributed by atoms with Crippen LogP contribution in [0.5, 0.6) is 0 Å². The molecule has 0 saturated carbocycles. The molecule has 0 saturated heterocycles. The van der Waals surface area contributed by atoms with Gasteiger partial charge in [0.25, 0.3) is 5.56 Å². The van der Waals surface area contributed by atoms with Crippen LogP contribution in [0.2, 0.25) is 0 Å². The second-order valence-electron chi connectivity index (χ2n) is 4.62. The number of aryl methyl sites for hydroxylation is 2. The van der Waals surface area contributed by atoms with Crippen molar-refractivity contribution in [3.05, 3.63) is 69.1 Å². The highest BCUT2D eigenvalue weighted by atomic mass is 16.1. The van der Waals surface area contributed by atoms with Gasteiger partial charge in [0.1, 0.15) is 11.6 Å². The van der Waals surface area contributed by atoms with Gasteiger partial charge in [-0.3, -0.25) is 4.79 Å². The molecular weight excluding hydrogens is 250 g/mol. The highest BCUT2D eigenvalue weighted by Gasteiger charge is 2.09. The minimum Gasteiger partial charge on any atom is -0.266 e. The van der Waals surface area contributed by atoms with Crippen LogP contribution < -0.4 is 5.56 Å². The molecule has 20 heavy (non-hydrogen) atoms. The molecule has 0 atom stereocenters. The lowest BCUT2D eigenvalue weighted by atomic mass is 10.1. The predicted octanol–water partition coefficient (Wildman–Crippen LogP) is 2.61. The highest BCUT2D eigenvalue weighted by molar-refractivity contribution is 5.98. The third-order valence-corrected chi connectivity index (χ3v) is 3.11. The van der Waals surface area contributed by atoms with Gasteiger partial charge in [0.2, 0.25) is 0 Å². The molecule has 0 spiro atoms. The molecule has 4 nitrogen and oxygen atoms in total. The summed E-state index contributed by atoms with van der Waals surface area (Å²) in [6.07, 6.45) is 0. The predicted molar refractivity (Wildman–Crippen MR) is 78.9 cm³/mol. The summed E-state index contributed by atoms with van der Waals surface area (Å²) >= 11 is 0. The monoisotopic (exact) mass is 265 g/mol. The first-order valence-corrected chi connectivity index (χ1v) is 6.29. The quantitative estimate of drug-likeness (QED) is 0.784. The van der Waals surface area contributed by atoms with Crippen molar-refractivity contribution in [1.82, 2.24) is 4.68 Å². The van der Waals surface area contributed by atoms with Crippen LogP contribution in [-0.4, -0.2) is 10.4 Å².